The molecule has 0 aromatic heterocycles. The predicted octanol–water partition coefficient (Wildman–Crippen LogP) is 7.06. The van der Waals surface area contributed by atoms with Gasteiger partial charge >= 0.3 is 0 Å². The van der Waals surface area contributed by atoms with E-state index in [0.29, 0.717) is 0 Å². The third-order valence-electron chi connectivity index (χ3n) is 4.36. The highest BCUT2D eigenvalue weighted by Crippen LogP contribution is 2.12. The smallest absolute Gasteiger partial charge is 0.145 e. The Morgan fingerprint density at radius 3 is 1.14 bits per heavy atom. The van der Waals surface area contributed by atoms with Gasteiger partial charge in [-0.15, -0.1) is 0 Å². The van der Waals surface area contributed by atoms with Gasteiger partial charge in [-0.3, -0.25) is 0 Å². The fourth-order valence-corrected chi connectivity index (χ4v) is 2.80. The lowest BCUT2D eigenvalue weighted by atomic mass is 10.1. The van der Waals surface area contributed by atoms with Crippen LogP contribution in [0.5, 0.6) is 0 Å². The summed E-state index contributed by atoms with van der Waals surface area (Å²) in [6.45, 7) is 10.6. The van der Waals surface area contributed by atoms with E-state index in [2.05, 4.69) is 25.1 Å². The Morgan fingerprint density at radius 1 is 0.381 bits per heavy atom. The van der Waals surface area contributed by atoms with E-state index in [1.165, 1.54) is 110 Å². The second-order valence-corrected chi connectivity index (χ2v) is 6.61. The van der Waals surface area contributed by atoms with Crippen molar-refractivity contribution in [2.45, 2.75) is 111 Å². The number of hydrogen-bond acceptors (Lipinski definition) is 0. The van der Waals surface area contributed by atoms with Crippen LogP contribution in [0, 0.1) is 0 Å². The molecule has 0 amide bonds. The number of rotatable bonds is 17. The molecule has 0 aliphatic heterocycles. The highest BCUT2D eigenvalue weighted by Gasteiger charge is 2.07. The van der Waals surface area contributed by atoms with Crippen molar-refractivity contribution in [3.8, 4) is 0 Å². The van der Waals surface area contributed by atoms with Gasteiger partial charge in [0.05, 0.1) is 0 Å². The van der Waals surface area contributed by atoms with E-state index in [1.54, 1.807) is 0 Å². The molecule has 0 bridgehead atoms. The normalized spacial score (nSPS) is 11.4. The van der Waals surface area contributed by atoms with Crippen molar-refractivity contribution in [2.24, 2.45) is 0 Å². The maximum Gasteiger partial charge on any atom is 0.145 e. The molecule has 0 radical (unpaired) electrons. The van der Waals surface area contributed by atoms with Crippen molar-refractivity contribution in [1.29, 1.82) is 0 Å². The second kappa shape index (κ2) is 18.0. The number of hydrogen-bond donors (Lipinski definition) is 0. The molecule has 128 valence electrons. The molecule has 0 aromatic carbocycles. The molecule has 0 saturated carbocycles. The Kier molecular flexibility index (Phi) is 18.0. The van der Waals surface area contributed by atoms with Crippen molar-refractivity contribution in [3.05, 3.63) is 0 Å². The first-order valence-electron chi connectivity index (χ1n) is 9.99. The van der Waals surface area contributed by atoms with Crippen molar-refractivity contribution in [1.82, 2.24) is 0 Å². The molecular weight excluding hydrogens is 256 g/mol. The maximum atomic E-state index is 3.54. The quantitative estimate of drug-likeness (QED) is 0.200. The molecule has 0 aliphatic carbocycles. The van der Waals surface area contributed by atoms with E-state index >= 15 is 0 Å². The van der Waals surface area contributed by atoms with E-state index < -0.39 is 0 Å². The largest absolute Gasteiger partial charge is 0.422 e. The molecule has 0 N–H and O–H groups in total. The fourth-order valence-electron chi connectivity index (χ4n) is 2.80. The van der Waals surface area contributed by atoms with Gasteiger partial charge in [0.2, 0.25) is 0 Å². The molecule has 1 heteroatoms. The molecule has 21 heavy (non-hydrogen) atoms. The lowest BCUT2D eigenvalue weighted by Crippen LogP contribution is -2.18. The zero-order chi connectivity index (χ0) is 15.6. The van der Waals surface area contributed by atoms with E-state index in [0.717, 1.165) is 0 Å². The Balaban J connectivity index is 3.35. The monoisotopic (exact) mass is 299 g/mol. The SMILES string of the molecule is CCCCCCCCCCCC[O+](CCCC)CCCC. The van der Waals surface area contributed by atoms with Gasteiger partial charge in [-0.1, -0.05) is 72.1 Å². The van der Waals surface area contributed by atoms with Gasteiger partial charge < -0.3 is 4.37 Å². The molecule has 0 saturated heterocycles. The summed E-state index contributed by atoms with van der Waals surface area (Å²) in [5.74, 6) is 0. The molecule has 1 nitrogen and oxygen atoms in total. The Hall–Kier alpha value is -0.0400. The van der Waals surface area contributed by atoms with Crippen molar-refractivity contribution < 1.29 is 4.37 Å². The van der Waals surface area contributed by atoms with Crippen LogP contribution in [0.1, 0.15) is 111 Å². The second-order valence-electron chi connectivity index (χ2n) is 6.61. The van der Waals surface area contributed by atoms with E-state index in [9.17, 15) is 0 Å². The van der Waals surface area contributed by atoms with Gasteiger partial charge in [0.25, 0.3) is 0 Å². The average Bonchev–Trinajstić information content (AvgIpc) is 2.51. The molecule has 0 heterocycles. The molecule has 0 spiro atoms. The van der Waals surface area contributed by atoms with Gasteiger partial charge in [0.15, 0.2) is 0 Å². The highest BCUT2D eigenvalue weighted by atomic mass is 16.7. The first-order chi connectivity index (χ1) is 10.3. The van der Waals surface area contributed by atoms with Crippen molar-refractivity contribution in [2.75, 3.05) is 19.8 Å². The Bertz CT molecular complexity index is 171. The molecule has 0 atom stereocenters. The van der Waals surface area contributed by atoms with Gasteiger partial charge in [0, 0.05) is 19.3 Å². The zero-order valence-electron chi connectivity index (χ0n) is 15.4. The predicted molar refractivity (Wildman–Crippen MR) is 97.3 cm³/mol. The third-order valence-corrected chi connectivity index (χ3v) is 4.36. The van der Waals surface area contributed by atoms with Crippen LogP contribution in [0.2, 0.25) is 0 Å². The molecular formula is C20H43O+. The van der Waals surface area contributed by atoms with E-state index in [-0.39, 0.29) is 0 Å². The van der Waals surface area contributed by atoms with E-state index in [1.807, 2.05) is 0 Å². The minimum Gasteiger partial charge on any atom is -0.422 e. The van der Waals surface area contributed by atoms with Crippen LogP contribution in [0.25, 0.3) is 0 Å². The van der Waals surface area contributed by atoms with Gasteiger partial charge in [-0.2, -0.15) is 0 Å². The summed E-state index contributed by atoms with van der Waals surface area (Å²) < 4.78 is 3.54. The summed E-state index contributed by atoms with van der Waals surface area (Å²) in [6.07, 6.45) is 19.7. The van der Waals surface area contributed by atoms with E-state index in [4.69, 9.17) is 0 Å². The molecule has 0 aliphatic rings. The summed E-state index contributed by atoms with van der Waals surface area (Å²) in [7, 11) is 0. The lowest BCUT2D eigenvalue weighted by Gasteiger charge is -2.19. The Labute approximate surface area is 135 Å². The summed E-state index contributed by atoms with van der Waals surface area (Å²) in [5, 5.41) is 0. The van der Waals surface area contributed by atoms with Gasteiger partial charge in [-0.25, -0.2) is 0 Å². The summed E-state index contributed by atoms with van der Waals surface area (Å²) in [4.78, 5) is 0. The van der Waals surface area contributed by atoms with Crippen LogP contribution in [-0.2, 0) is 4.37 Å². The average molecular weight is 300 g/mol. The number of unbranched alkanes of at least 4 members (excludes halogenated alkanes) is 11. The highest BCUT2D eigenvalue weighted by molar-refractivity contribution is 4.50. The summed E-state index contributed by atoms with van der Waals surface area (Å²) >= 11 is 0. The standard InChI is InChI=1S/C20H43O/c1-4-7-10-11-12-13-14-15-16-17-20-21(18-8-5-2)19-9-6-3/h4-20H2,1-3H3/q+1. The first-order valence-corrected chi connectivity index (χ1v) is 9.99. The Morgan fingerprint density at radius 2 is 0.714 bits per heavy atom. The van der Waals surface area contributed by atoms with Crippen LogP contribution < -0.4 is 0 Å². The topological polar surface area (TPSA) is 2.70 Å². The first kappa shape index (κ1) is 21.0. The van der Waals surface area contributed by atoms with Gasteiger partial charge in [0.1, 0.15) is 19.8 Å². The summed E-state index contributed by atoms with van der Waals surface area (Å²) in [6, 6.07) is 0. The van der Waals surface area contributed by atoms with Crippen LogP contribution in [0.4, 0.5) is 0 Å². The molecule has 0 fully saturated rings. The van der Waals surface area contributed by atoms with Crippen LogP contribution in [-0.4, -0.2) is 19.8 Å². The third kappa shape index (κ3) is 16.2. The zero-order valence-corrected chi connectivity index (χ0v) is 15.4. The molecule has 0 rings (SSSR count). The lowest BCUT2D eigenvalue weighted by molar-refractivity contribution is -0.143. The molecule has 0 unspecified atom stereocenters. The minimum atomic E-state index is 1.24. The van der Waals surface area contributed by atoms with Crippen LogP contribution in [0.15, 0.2) is 0 Å². The van der Waals surface area contributed by atoms with Crippen molar-refractivity contribution >= 4 is 0 Å². The van der Waals surface area contributed by atoms with Crippen LogP contribution >= 0.6 is 0 Å². The minimum absolute atomic E-state index is 1.24. The molecule has 0 aromatic rings. The van der Waals surface area contributed by atoms with Gasteiger partial charge in [-0.05, 0) is 19.3 Å². The van der Waals surface area contributed by atoms with Crippen LogP contribution in [0.3, 0.4) is 0 Å². The fraction of sp³-hybridized carbons (Fsp3) is 1.00. The summed E-state index contributed by atoms with van der Waals surface area (Å²) in [5.41, 5.74) is 0. The maximum absolute atomic E-state index is 3.54. The van der Waals surface area contributed by atoms with Crippen molar-refractivity contribution in [3.63, 3.8) is 0 Å².